The summed E-state index contributed by atoms with van der Waals surface area (Å²) >= 11 is 0. The summed E-state index contributed by atoms with van der Waals surface area (Å²) in [6, 6.07) is 4.54. The van der Waals surface area contributed by atoms with E-state index in [0.29, 0.717) is 17.8 Å². The molecule has 2 unspecified atom stereocenters. The number of nitrogens with zero attached hydrogens (tertiary/aromatic N) is 1. The molecule has 0 aromatic heterocycles. The van der Waals surface area contributed by atoms with Gasteiger partial charge in [0.05, 0.1) is 22.4 Å². The van der Waals surface area contributed by atoms with E-state index in [1.807, 2.05) is 6.92 Å². The lowest BCUT2D eigenvalue weighted by Crippen LogP contribution is -2.24. The average molecular weight is 301 g/mol. The van der Waals surface area contributed by atoms with Gasteiger partial charge in [-0.05, 0) is 38.5 Å². The van der Waals surface area contributed by atoms with Gasteiger partial charge in [0.1, 0.15) is 0 Å². The first-order valence-corrected chi connectivity index (χ1v) is 7.85. The van der Waals surface area contributed by atoms with Crippen molar-refractivity contribution in [2.45, 2.75) is 37.3 Å². The first-order valence-electron chi connectivity index (χ1n) is 6.41. The van der Waals surface area contributed by atoms with Crippen LogP contribution in [0.15, 0.2) is 23.1 Å². The Morgan fingerprint density at radius 3 is 2.45 bits per heavy atom. The number of anilines is 2. The smallest absolute Gasteiger partial charge is 0.242 e. The standard InChI is InChI=1S/C13H23N3O3S/c1-9(7-10(2)17)15-13-8-11(5-6-12(13)14)20(18,19)16(3)4/h5-6,8-10,15,17H,7,14H2,1-4H3. The highest BCUT2D eigenvalue weighted by molar-refractivity contribution is 7.89. The molecule has 0 aliphatic rings. The molecular formula is C13H23N3O3S. The predicted octanol–water partition coefficient (Wildman–Crippen LogP) is 1.09. The van der Waals surface area contributed by atoms with Gasteiger partial charge < -0.3 is 16.2 Å². The third-order valence-electron chi connectivity index (χ3n) is 2.90. The van der Waals surface area contributed by atoms with E-state index in [4.69, 9.17) is 5.73 Å². The zero-order valence-corrected chi connectivity index (χ0v) is 13.1. The summed E-state index contributed by atoms with van der Waals surface area (Å²) in [5, 5.41) is 12.5. The first-order chi connectivity index (χ1) is 9.14. The van der Waals surface area contributed by atoms with E-state index < -0.39 is 16.1 Å². The lowest BCUT2D eigenvalue weighted by atomic mass is 10.1. The van der Waals surface area contributed by atoms with Gasteiger partial charge in [-0.15, -0.1) is 0 Å². The van der Waals surface area contributed by atoms with Crippen molar-refractivity contribution < 1.29 is 13.5 Å². The highest BCUT2D eigenvalue weighted by Gasteiger charge is 2.18. The number of hydrogen-bond donors (Lipinski definition) is 3. The van der Waals surface area contributed by atoms with Crippen molar-refractivity contribution in [1.82, 2.24) is 4.31 Å². The third kappa shape index (κ3) is 4.09. The maximum absolute atomic E-state index is 12.1. The van der Waals surface area contributed by atoms with Crippen molar-refractivity contribution in [3.05, 3.63) is 18.2 Å². The molecule has 4 N–H and O–H groups in total. The molecule has 0 bridgehead atoms. The Morgan fingerprint density at radius 1 is 1.35 bits per heavy atom. The second kappa shape index (κ2) is 6.43. The van der Waals surface area contributed by atoms with Crippen molar-refractivity contribution in [3.8, 4) is 0 Å². The second-order valence-electron chi connectivity index (χ2n) is 5.17. The molecule has 0 radical (unpaired) electrons. The number of benzene rings is 1. The molecule has 0 amide bonds. The maximum Gasteiger partial charge on any atom is 0.242 e. The summed E-state index contributed by atoms with van der Waals surface area (Å²) in [6.07, 6.45) is 0.108. The molecule has 0 fully saturated rings. The molecule has 114 valence electrons. The van der Waals surface area contributed by atoms with Gasteiger partial charge in [0.15, 0.2) is 0 Å². The van der Waals surface area contributed by atoms with E-state index in [9.17, 15) is 13.5 Å². The van der Waals surface area contributed by atoms with E-state index >= 15 is 0 Å². The minimum Gasteiger partial charge on any atom is -0.397 e. The van der Waals surface area contributed by atoms with Crippen molar-refractivity contribution in [3.63, 3.8) is 0 Å². The van der Waals surface area contributed by atoms with Crippen LogP contribution in [-0.2, 0) is 10.0 Å². The van der Waals surface area contributed by atoms with Crippen molar-refractivity contribution in [1.29, 1.82) is 0 Å². The minimum atomic E-state index is -3.49. The summed E-state index contributed by atoms with van der Waals surface area (Å²) in [7, 11) is -0.525. The van der Waals surface area contributed by atoms with Crippen molar-refractivity contribution >= 4 is 21.4 Å². The zero-order valence-electron chi connectivity index (χ0n) is 12.3. The third-order valence-corrected chi connectivity index (χ3v) is 4.71. The van der Waals surface area contributed by atoms with Gasteiger partial charge in [-0.2, -0.15) is 0 Å². The molecule has 2 atom stereocenters. The van der Waals surface area contributed by atoms with Crippen LogP contribution in [0.5, 0.6) is 0 Å². The lowest BCUT2D eigenvalue weighted by Gasteiger charge is -2.19. The Morgan fingerprint density at radius 2 is 1.95 bits per heavy atom. The molecule has 0 aliphatic heterocycles. The molecule has 1 rings (SSSR count). The Bertz CT molecular complexity index is 556. The van der Waals surface area contributed by atoms with Crippen LogP contribution in [0.4, 0.5) is 11.4 Å². The second-order valence-corrected chi connectivity index (χ2v) is 7.32. The number of sulfonamides is 1. The monoisotopic (exact) mass is 301 g/mol. The molecule has 1 aromatic rings. The molecule has 1 aromatic carbocycles. The number of rotatable bonds is 6. The molecule has 20 heavy (non-hydrogen) atoms. The van der Waals surface area contributed by atoms with Gasteiger partial charge in [-0.1, -0.05) is 0 Å². The van der Waals surface area contributed by atoms with Crippen LogP contribution in [0.2, 0.25) is 0 Å². The van der Waals surface area contributed by atoms with E-state index in [2.05, 4.69) is 5.32 Å². The summed E-state index contributed by atoms with van der Waals surface area (Å²) in [5.74, 6) is 0. The van der Waals surface area contributed by atoms with E-state index in [-0.39, 0.29) is 10.9 Å². The SMILES string of the molecule is CC(O)CC(C)Nc1cc(S(=O)(=O)N(C)C)ccc1N. The summed E-state index contributed by atoms with van der Waals surface area (Å²) < 4.78 is 25.3. The Labute approximate surface area is 120 Å². The summed E-state index contributed by atoms with van der Waals surface area (Å²) in [4.78, 5) is 0.184. The van der Waals surface area contributed by atoms with Gasteiger partial charge >= 0.3 is 0 Å². The molecule has 0 heterocycles. The Kier molecular flexibility index (Phi) is 5.38. The fraction of sp³-hybridized carbons (Fsp3) is 0.538. The van der Waals surface area contributed by atoms with Crippen LogP contribution in [0, 0.1) is 0 Å². The normalized spacial score (nSPS) is 15.1. The van der Waals surface area contributed by atoms with Crippen LogP contribution in [0.1, 0.15) is 20.3 Å². The van der Waals surface area contributed by atoms with Crippen LogP contribution in [0.25, 0.3) is 0 Å². The molecular weight excluding hydrogens is 278 g/mol. The number of nitrogen functional groups attached to an aromatic ring is 1. The van der Waals surface area contributed by atoms with Gasteiger partial charge in [0, 0.05) is 20.1 Å². The number of nitrogens with two attached hydrogens (primary N) is 1. The van der Waals surface area contributed by atoms with Crippen LogP contribution in [-0.4, -0.2) is 44.1 Å². The van der Waals surface area contributed by atoms with E-state index in [0.717, 1.165) is 4.31 Å². The van der Waals surface area contributed by atoms with Gasteiger partial charge in [0.25, 0.3) is 0 Å². The van der Waals surface area contributed by atoms with Crippen molar-refractivity contribution in [2.75, 3.05) is 25.1 Å². The van der Waals surface area contributed by atoms with Gasteiger partial charge in [0.2, 0.25) is 10.0 Å². The zero-order chi connectivity index (χ0) is 15.5. The molecule has 0 saturated heterocycles. The average Bonchev–Trinajstić information content (AvgIpc) is 2.30. The van der Waals surface area contributed by atoms with E-state index in [1.54, 1.807) is 13.0 Å². The number of hydrogen-bond acceptors (Lipinski definition) is 5. The lowest BCUT2D eigenvalue weighted by molar-refractivity contribution is 0.179. The number of nitrogens with one attached hydrogen (secondary N) is 1. The van der Waals surface area contributed by atoms with Crippen LogP contribution >= 0.6 is 0 Å². The maximum atomic E-state index is 12.1. The van der Waals surface area contributed by atoms with Gasteiger partial charge in [-0.25, -0.2) is 12.7 Å². The van der Waals surface area contributed by atoms with Crippen LogP contribution in [0.3, 0.4) is 0 Å². The molecule has 7 heteroatoms. The Hall–Kier alpha value is -1.31. The highest BCUT2D eigenvalue weighted by Crippen LogP contribution is 2.25. The fourth-order valence-electron chi connectivity index (χ4n) is 1.87. The predicted molar refractivity (Wildman–Crippen MR) is 81.1 cm³/mol. The van der Waals surface area contributed by atoms with E-state index in [1.165, 1.54) is 26.2 Å². The topological polar surface area (TPSA) is 95.7 Å². The Balaban J connectivity index is 3.04. The first kappa shape index (κ1) is 16.7. The fourth-order valence-corrected chi connectivity index (χ4v) is 2.80. The number of aliphatic hydroxyl groups is 1. The molecule has 0 saturated carbocycles. The largest absolute Gasteiger partial charge is 0.397 e. The quantitative estimate of drug-likeness (QED) is 0.684. The van der Waals surface area contributed by atoms with Crippen LogP contribution < -0.4 is 11.1 Å². The summed E-state index contributed by atoms with van der Waals surface area (Å²) in [5.41, 5.74) is 6.88. The molecule has 0 aliphatic carbocycles. The molecule has 0 spiro atoms. The van der Waals surface area contributed by atoms with Crippen molar-refractivity contribution in [2.24, 2.45) is 0 Å². The summed E-state index contributed by atoms with van der Waals surface area (Å²) in [6.45, 7) is 3.60. The number of aliphatic hydroxyl groups excluding tert-OH is 1. The minimum absolute atomic E-state index is 0.0189. The highest BCUT2D eigenvalue weighted by atomic mass is 32.2. The molecule has 6 nitrogen and oxygen atoms in total. The van der Waals surface area contributed by atoms with Gasteiger partial charge in [-0.3, -0.25) is 0 Å².